The molecule has 0 bridgehead atoms. The highest BCUT2D eigenvalue weighted by atomic mass is 79.9. The van der Waals surface area contributed by atoms with E-state index in [4.69, 9.17) is 16.3 Å². The maximum atomic E-state index is 15.1. The highest BCUT2D eigenvalue weighted by Crippen LogP contribution is 2.34. The average Bonchev–Trinajstić information content (AvgIpc) is 3.53. The summed E-state index contributed by atoms with van der Waals surface area (Å²) in [4.78, 5) is 37.7. The van der Waals surface area contributed by atoms with E-state index in [0.29, 0.717) is 52.3 Å². The fourth-order valence-corrected chi connectivity index (χ4v) is 5.39. The third-order valence-electron chi connectivity index (χ3n) is 5.55. The van der Waals surface area contributed by atoms with Crippen molar-refractivity contribution in [2.24, 2.45) is 0 Å². The first-order valence-corrected chi connectivity index (χ1v) is 12.5. The van der Waals surface area contributed by atoms with E-state index in [9.17, 15) is 14.7 Å². The summed E-state index contributed by atoms with van der Waals surface area (Å²) >= 11 is 10.3. The zero-order valence-corrected chi connectivity index (χ0v) is 21.9. The van der Waals surface area contributed by atoms with Crippen LogP contribution in [0.4, 0.5) is 9.52 Å². The molecule has 1 amide bonds. The van der Waals surface area contributed by atoms with Crippen molar-refractivity contribution in [3.05, 3.63) is 32.1 Å². The number of halogens is 3. The van der Waals surface area contributed by atoms with Crippen LogP contribution in [-0.2, 0) is 11.3 Å². The summed E-state index contributed by atoms with van der Waals surface area (Å²) < 4.78 is 22.1. The lowest BCUT2D eigenvalue weighted by atomic mass is 10.0. The molecule has 2 atom stereocenters. The van der Waals surface area contributed by atoms with E-state index >= 15 is 4.39 Å². The molecule has 3 aromatic rings. The number of nitrogens with zero attached hydrogens (tertiary/aromatic N) is 5. The number of aromatic nitrogens is 5. The van der Waals surface area contributed by atoms with E-state index in [2.05, 4.69) is 41.3 Å². The number of amides is 1. The summed E-state index contributed by atoms with van der Waals surface area (Å²) in [5, 5.41) is 17.3. The van der Waals surface area contributed by atoms with Crippen LogP contribution in [0.5, 0.6) is 0 Å². The summed E-state index contributed by atoms with van der Waals surface area (Å²) in [5.41, 5.74) is 1.03. The van der Waals surface area contributed by atoms with E-state index in [0.717, 1.165) is 11.3 Å². The Labute approximate surface area is 216 Å². The van der Waals surface area contributed by atoms with Crippen molar-refractivity contribution < 1.29 is 23.8 Å². The molecule has 1 aliphatic heterocycles. The van der Waals surface area contributed by atoms with E-state index in [1.54, 1.807) is 18.9 Å². The van der Waals surface area contributed by atoms with Gasteiger partial charge in [-0.05, 0) is 29.3 Å². The SMILES string of the molecule is COCCn1ncnc1-c1nc(N2CCC(NC(=O)c3[nH]c(C)c(Cl)c3Br)C(F)C2)sc1C(=O)O. The minimum atomic E-state index is -1.40. The van der Waals surface area contributed by atoms with Crippen molar-refractivity contribution in [2.45, 2.75) is 32.1 Å². The van der Waals surface area contributed by atoms with Crippen molar-refractivity contribution in [3.8, 4) is 11.5 Å². The number of carboxylic acids is 1. The molecular weight excluding hydrogens is 569 g/mol. The Morgan fingerprint density at radius 3 is 2.89 bits per heavy atom. The van der Waals surface area contributed by atoms with E-state index < -0.39 is 24.1 Å². The van der Waals surface area contributed by atoms with Crippen molar-refractivity contribution in [3.63, 3.8) is 0 Å². The molecule has 1 aliphatic rings. The van der Waals surface area contributed by atoms with Gasteiger partial charge in [0.2, 0.25) is 0 Å². The van der Waals surface area contributed by atoms with Gasteiger partial charge in [-0.1, -0.05) is 22.9 Å². The molecule has 0 radical (unpaired) electrons. The van der Waals surface area contributed by atoms with Crippen molar-refractivity contribution in [2.75, 3.05) is 31.7 Å². The highest BCUT2D eigenvalue weighted by molar-refractivity contribution is 9.10. The van der Waals surface area contributed by atoms with Crippen molar-refractivity contribution in [1.29, 1.82) is 0 Å². The van der Waals surface area contributed by atoms with Crippen LogP contribution in [0.2, 0.25) is 5.02 Å². The number of carboxylic acid groups (broad SMARTS) is 1. The average molecular weight is 591 g/mol. The van der Waals surface area contributed by atoms with Crippen LogP contribution in [0, 0.1) is 6.92 Å². The van der Waals surface area contributed by atoms with Crippen molar-refractivity contribution in [1.82, 2.24) is 30.0 Å². The number of carbonyl (C=O) groups is 2. The fraction of sp³-hybridized carbons (Fsp3) is 0.450. The lowest BCUT2D eigenvalue weighted by Gasteiger charge is -2.34. The first-order valence-electron chi connectivity index (χ1n) is 10.6. The fourth-order valence-electron chi connectivity index (χ4n) is 3.74. The number of aromatic carboxylic acids is 1. The van der Waals surface area contributed by atoms with E-state index in [-0.39, 0.29) is 22.8 Å². The Hall–Kier alpha value is -2.55. The molecule has 2 unspecified atom stereocenters. The van der Waals surface area contributed by atoms with Crippen LogP contribution < -0.4 is 10.2 Å². The normalized spacial score (nSPS) is 18.1. The predicted octanol–water partition coefficient (Wildman–Crippen LogP) is 3.15. The number of thiazole rings is 1. The number of nitrogens with one attached hydrogen (secondary N) is 2. The lowest BCUT2D eigenvalue weighted by Crippen LogP contribution is -2.52. The Bertz CT molecular complexity index is 1250. The second kappa shape index (κ2) is 10.6. The van der Waals surface area contributed by atoms with Gasteiger partial charge in [-0.2, -0.15) is 5.10 Å². The number of piperidine rings is 1. The molecule has 3 N–H and O–H groups in total. The summed E-state index contributed by atoms with van der Waals surface area (Å²) in [5.74, 6) is -1.33. The van der Waals surface area contributed by atoms with Gasteiger partial charge >= 0.3 is 5.97 Å². The number of aryl methyl sites for hydroxylation is 1. The number of alkyl halides is 1. The number of hydrogen-bond acceptors (Lipinski definition) is 8. The van der Waals surface area contributed by atoms with Gasteiger partial charge in [-0.3, -0.25) is 4.79 Å². The molecule has 4 rings (SSSR count). The first kappa shape index (κ1) is 25.5. The number of anilines is 1. The predicted molar refractivity (Wildman–Crippen MR) is 131 cm³/mol. The molecule has 15 heteroatoms. The Balaban J connectivity index is 1.49. The Kier molecular flexibility index (Phi) is 7.73. The van der Waals surface area contributed by atoms with Gasteiger partial charge in [0, 0.05) is 19.3 Å². The van der Waals surface area contributed by atoms with Gasteiger partial charge < -0.3 is 25.0 Å². The lowest BCUT2D eigenvalue weighted by molar-refractivity contribution is 0.0702. The van der Waals surface area contributed by atoms with Crippen LogP contribution in [0.25, 0.3) is 11.5 Å². The number of ether oxygens (including phenoxy) is 1. The monoisotopic (exact) mass is 589 g/mol. The van der Waals surface area contributed by atoms with Gasteiger partial charge in [0.15, 0.2) is 11.0 Å². The summed E-state index contributed by atoms with van der Waals surface area (Å²) in [6.07, 6.45) is 0.224. The second-order valence-electron chi connectivity index (χ2n) is 7.86. The molecule has 3 aromatic heterocycles. The molecule has 1 fully saturated rings. The third kappa shape index (κ3) is 5.20. The number of methoxy groups -OCH3 is 1. The molecule has 0 aromatic carbocycles. The van der Waals surface area contributed by atoms with Crippen LogP contribution in [-0.4, -0.2) is 80.7 Å². The maximum absolute atomic E-state index is 15.1. The highest BCUT2D eigenvalue weighted by Gasteiger charge is 2.34. The standard InChI is InChI=1S/C20H22BrClFN7O4S/c1-9-13(22)12(21)14(26-9)18(31)27-11-3-4-29(7-10(11)23)20-28-15(16(35-20)19(32)33)17-24-8-25-30(17)5-6-34-2/h8,10-11,26H,3-7H2,1-2H3,(H,27,31)(H,32,33). The van der Waals surface area contributed by atoms with Gasteiger partial charge in [-0.15, -0.1) is 0 Å². The molecule has 4 heterocycles. The maximum Gasteiger partial charge on any atom is 0.348 e. The molecule has 1 saturated heterocycles. The molecule has 35 heavy (non-hydrogen) atoms. The largest absolute Gasteiger partial charge is 0.477 e. The molecule has 188 valence electrons. The smallest absolute Gasteiger partial charge is 0.348 e. The number of hydrogen-bond donors (Lipinski definition) is 3. The van der Waals surface area contributed by atoms with Crippen molar-refractivity contribution >= 4 is 55.9 Å². The molecular formula is C20H22BrClFN7O4S. The number of rotatable bonds is 8. The molecule has 0 saturated carbocycles. The van der Waals surface area contributed by atoms with Gasteiger partial charge in [-0.25, -0.2) is 23.8 Å². The van der Waals surface area contributed by atoms with Gasteiger partial charge in [0.1, 0.15) is 28.8 Å². The van der Waals surface area contributed by atoms with Crippen LogP contribution in [0.15, 0.2) is 10.8 Å². The van der Waals surface area contributed by atoms with Gasteiger partial charge in [0.25, 0.3) is 5.91 Å². The molecule has 0 aliphatic carbocycles. The van der Waals surface area contributed by atoms with E-state index in [1.165, 1.54) is 11.0 Å². The summed E-state index contributed by atoms with van der Waals surface area (Å²) in [6.45, 7) is 2.78. The van der Waals surface area contributed by atoms with Crippen LogP contribution >= 0.6 is 38.9 Å². The summed E-state index contributed by atoms with van der Waals surface area (Å²) in [7, 11) is 1.55. The van der Waals surface area contributed by atoms with Gasteiger partial charge in [0.05, 0.1) is 35.2 Å². The van der Waals surface area contributed by atoms with Crippen LogP contribution in [0.3, 0.4) is 0 Å². The minimum Gasteiger partial charge on any atom is -0.477 e. The number of carbonyl (C=O) groups excluding carboxylic acids is 1. The zero-order valence-electron chi connectivity index (χ0n) is 18.7. The van der Waals surface area contributed by atoms with E-state index in [1.807, 2.05) is 0 Å². The summed E-state index contributed by atoms with van der Waals surface area (Å²) in [6, 6.07) is -0.719. The molecule has 0 spiro atoms. The zero-order chi connectivity index (χ0) is 25.3. The minimum absolute atomic E-state index is 0.0126. The Morgan fingerprint density at radius 1 is 1.49 bits per heavy atom. The quantitative estimate of drug-likeness (QED) is 0.364. The number of aromatic amines is 1. The topological polar surface area (TPSA) is 138 Å². The number of H-pyrrole nitrogens is 1. The second-order valence-corrected chi connectivity index (χ2v) is 10.0. The van der Waals surface area contributed by atoms with Crippen LogP contribution in [0.1, 0.15) is 32.3 Å². The third-order valence-corrected chi connectivity index (χ3v) is 8.15. The molecule has 11 nitrogen and oxygen atoms in total. The Morgan fingerprint density at radius 2 is 2.26 bits per heavy atom. The first-order chi connectivity index (χ1) is 16.7.